The van der Waals surface area contributed by atoms with Crippen molar-refractivity contribution in [2.45, 2.75) is 19.8 Å². The van der Waals surface area contributed by atoms with Crippen molar-refractivity contribution in [2.75, 3.05) is 58.9 Å². The molecule has 0 spiro atoms. The summed E-state index contributed by atoms with van der Waals surface area (Å²) in [5.74, 6) is 1.29. The molecule has 1 heterocycles. The Kier molecular flexibility index (Phi) is 13.9. The summed E-state index contributed by atoms with van der Waals surface area (Å²) >= 11 is 0. The van der Waals surface area contributed by atoms with Gasteiger partial charge in [-0.05, 0) is 19.8 Å². The molecular formula is C14H31IN4O4S. The van der Waals surface area contributed by atoms with Crippen LogP contribution in [0.15, 0.2) is 4.99 Å². The van der Waals surface area contributed by atoms with Crippen LogP contribution in [0.1, 0.15) is 19.8 Å². The number of sulfonamides is 1. The van der Waals surface area contributed by atoms with Crippen molar-refractivity contribution in [2.24, 2.45) is 10.9 Å². The van der Waals surface area contributed by atoms with E-state index in [0.717, 1.165) is 39.2 Å². The summed E-state index contributed by atoms with van der Waals surface area (Å²) in [5.41, 5.74) is 0. The van der Waals surface area contributed by atoms with E-state index in [2.05, 4.69) is 20.3 Å². The molecule has 1 fully saturated rings. The fraction of sp³-hybridized carbons (Fsp3) is 0.929. The molecule has 10 heteroatoms. The molecule has 0 radical (unpaired) electrons. The maximum absolute atomic E-state index is 11.3. The zero-order valence-electron chi connectivity index (χ0n) is 14.5. The van der Waals surface area contributed by atoms with Crippen LogP contribution in [0.5, 0.6) is 0 Å². The quantitative estimate of drug-likeness (QED) is 0.169. The number of hydrogen-bond acceptors (Lipinski definition) is 5. The van der Waals surface area contributed by atoms with Crippen molar-refractivity contribution in [3.63, 3.8) is 0 Å². The van der Waals surface area contributed by atoms with Crippen LogP contribution in [0.3, 0.4) is 0 Å². The molecule has 0 bridgehead atoms. The highest BCUT2D eigenvalue weighted by Crippen LogP contribution is 2.12. The van der Waals surface area contributed by atoms with Gasteiger partial charge >= 0.3 is 0 Å². The van der Waals surface area contributed by atoms with E-state index in [-0.39, 0.29) is 29.7 Å². The van der Waals surface area contributed by atoms with Crippen molar-refractivity contribution in [1.82, 2.24) is 15.4 Å². The first-order chi connectivity index (χ1) is 11.1. The lowest BCUT2D eigenvalue weighted by Crippen LogP contribution is -2.42. The van der Waals surface area contributed by atoms with Crippen LogP contribution in [-0.2, 0) is 19.5 Å². The molecule has 1 aliphatic rings. The minimum atomic E-state index is -3.13. The average Bonchev–Trinajstić information content (AvgIpc) is 3.06. The summed E-state index contributed by atoms with van der Waals surface area (Å²) in [6.07, 6.45) is 1.98. The molecule has 1 atom stereocenters. The maximum atomic E-state index is 11.3. The zero-order valence-corrected chi connectivity index (χ0v) is 17.7. The number of ether oxygens (including phenoxy) is 2. The van der Waals surface area contributed by atoms with Gasteiger partial charge in [-0.15, -0.1) is 24.0 Å². The third-order valence-corrected chi connectivity index (χ3v) is 4.88. The summed E-state index contributed by atoms with van der Waals surface area (Å²) in [5, 5.41) is 6.22. The molecule has 0 aliphatic carbocycles. The van der Waals surface area contributed by atoms with Crippen molar-refractivity contribution >= 4 is 40.0 Å². The highest BCUT2D eigenvalue weighted by atomic mass is 127. The smallest absolute Gasteiger partial charge is 0.211 e. The molecular weight excluding hydrogens is 447 g/mol. The van der Waals surface area contributed by atoms with Gasteiger partial charge in [-0.25, -0.2) is 13.1 Å². The second-order valence-electron chi connectivity index (χ2n) is 5.38. The van der Waals surface area contributed by atoms with Crippen LogP contribution in [0, 0.1) is 5.92 Å². The zero-order chi connectivity index (χ0) is 17.0. The van der Waals surface area contributed by atoms with Crippen molar-refractivity contribution in [1.29, 1.82) is 0 Å². The van der Waals surface area contributed by atoms with Crippen LogP contribution in [0.4, 0.5) is 0 Å². The Balaban J connectivity index is 0.00000529. The van der Waals surface area contributed by atoms with Gasteiger partial charge < -0.3 is 20.1 Å². The number of rotatable bonds is 11. The molecule has 144 valence electrons. The Labute approximate surface area is 162 Å². The average molecular weight is 478 g/mol. The molecule has 24 heavy (non-hydrogen) atoms. The number of hydrogen-bond donors (Lipinski definition) is 3. The number of halogens is 1. The van der Waals surface area contributed by atoms with Crippen LogP contribution >= 0.6 is 24.0 Å². The van der Waals surface area contributed by atoms with E-state index in [1.165, 1.54) is 0 Å². The van der Waals surface area contributed by atoms with Crippen molar-refractivity contribution in [3.8, 4) is 0 Å². The first-order valence-electron chi connectivity index (χ1n) is 8.14. The lowest BCUT2D eigenvalue weighted by atomic mass is 10.1. The Bertz CT molecular complexity index is 442. The largest absolute Gasteiger partial charge is 0.381 e. The van der Waals surface area contributed by atoms with Gasteiger partial charge in [-0.3, -0.25) is 4.99 Å². The predicted octanol–water partition coefficient (Wildman–Crippen LogP) is 0.152. The van der Waals surface area contributed by atoms with Crippen LogP contribution in [0.25, 0.3) is 0 Å². The number of guanidine groups is 1. The van der Waals surface area contributed by atoms with Gasteiger partial charge in [0, 0.05) is 45.8 Å². The number of nitrogens with one attached hydrogen (secondary N) is 3. The molecule has 1 aliphatic heterocycles. The first-order valence-corrected chi connectivity index (χ1v) is 9.80. The van der Waals surface area contributed by atoms with E-state index >= 15 is 0 Å². The predicted molar refractivity (Wildman–Crippen MR) is 107 cm³/mol. The normalized spacial score (nSPS) is 18.2. The van der Waals surface area contributed by atoms with Crippen LogP contribution < -0.4 is 15.4 Å². The molecule has 8 nitrogen and oxygen atoms in total. The van der Waals surface area contributed by atoms with Gasteiger partial charge in [0.2, 0.25) is 10.0 Å². The molecule has 0 aromatic heterocycles. The van der Waals surface area contributed by atoms with E-state index in [9.17, 15) is 8.42 Å². The summed E-state index contributed by atoms with van der Waals surface area (Å²) < 4.78 is 36.0. The Morgan fingerprint density at radius 1 is 1.29 bits per heavy atom. The van der Waals surface area contributed by atoms with Crippen molar-refractivity contribution in [3.05, 3.63) is 0 Å². The van der Waals surface area contributed by atoms with Crippen molar-refractivity contribution < 1.29 is 17.9 Å². The van der Waals surface area contributed by atoms with Gasteiger partial charge in [0.1, 0.15) is 0 Å². The molecule has 0 aromatic rings. The molecule has 1 saturated heterocycles. The third kappa shape index (κ3) is 11.4. The summed E-state index contributed by atoms with van der Waals surface area (Å²) in [6, 6.07) is 0. The monoisotopic (exact) mass is 478 g/mol. The van der Waals surface area contributed by atoms with Crippen LogP contribution in [-0.4, -0.2) is 73.2 Å². The van der Waals surface area contributed by atoms with Gasteiger partial charge in [0.05, 0.1) is 19.0 Å². The minimum Gasteiger partial charge on any atom is -0.381 e. The van der Waals surface area contributed by atoms with Crippen LogP contribution in [0.2, 0.25) is 0 Å². The lowest BCUT2D eigenvalue weighted by Gasteiger charge is -2.13. The Morgan fingerprint density at radius 2 is 2.04 bits per heavy atom. The van der Waals surface area contributed by atoms with Gasteiger partial charge in [-0.2, -0.15) is 0 Å². The fourth-order valence-corrected chi connectivity index (χ4v) is 2.67. The SMILES string of the molecule is CCS(=O)(=O)NCCNC(=NC)NCCCOCC1CCOC1.I. The van der Waals surface area contributed by atoms with Gasteiger partial charge in [0.25, 0.3) is 0 Å². The third-order valence-electron chi connectivity index (χ3n) is 3.48. The van der Waals surface area contributed by atoms with E-state index in [0.29, 0.717) is 31.6 Å². The molecule has 1 unspecified atom stereocenters. The molecule has 1 rings (SSSR count). The maximum Gasteiger partial charge on any atom is 0.211 e. The topological polar surface area (TPSA) is 101 Å². The highest BCUT2D eigenvalue weighted by molar-refractivity contribution is 14.0. The lowest BCUT2D eigenvalue weighted by molar-refractivity contribution is 0.0888. The van der Waals surface area contributed by atoms with E-state index in [1.807, 2.05) is 0 Å². The molecule has 0 aromatic carbocycles. The molecule has 3 N–H and O–H groups in total. The summed E-state index contributed by atoms with van der Waals surface area (Å²) in [7, 11) is -1.45. The standard InChI is InChI=1S/C14H30N4O4S.HI/c1-3-23(19,20)18-8-7-17-14(15-2)16-6-4-9-21-11-13-5-10-22-12-13;/h13,18H,3-12H2,1-2H3,(H2,15,16,17);1H. The Hall–Kier alpha value is -0.170. The number of nitrogens with zero attached hydrogens (tertiary/aromatic N) is 1. The number of aliphatic imine (C=N–C) groups is 1. The van der Waals surface area contributed by atoms with E-state index in [1.54, 1.807) is 14.0 Å². The highest BCUT2D eigenvalue weighted by Gasteiger charge is 2.15. The first kappa shape index (κ1) is 23.8. The minimum absolute atomic E-state index is 0. The van der Waals surface area contributed by atoms with Gasteiger partial charge in [-0.1, -0.05) is 0 Å². The van der Waals surface area contributed by atoms with E-state index in [4.69, 9.17) is 9.47 Å². The summed E-state index contributed by atoms with van der Waals surface area (Å²) in [6.45, 7) is 6.32. The molecule has 0 saturated carbocycles. The second kappa shape index (κ2) is 14.0. The van der Waals surface area contributed by atoms with E-state index < -0.39 is 10.0 Å². The summed E-state index contributed by atoms with van der Waals surface area (Å²) in [4.78, 5) is 4.08. The van der Waals surface area contributed by atoms with Gasteiger partial charge in [0.15, 0.2) is 5.96 Å². The Morgan fingerprint density at radius 3 is 2.67 bits per heavy atom. The second-order valence-corrected chi connectivity index (χ2v) is 7.48. The fourth-order valence-electron chi connectivity index (χ4n) is 2.06. The molecule has 0 amide bonds.